The van der Waals surface area contributed by atoms with E-state index in [1.165, 1.54) is 49.2 Å². The van der Waals surface area contributed by atoms with E-state index in [0.717, 1.165) is 38.4 Å². The standard InChI is InChI=1S/C45H27N3/c46-28-29-17-18-30-19-20-31-21-23-34(27-39(31)38(30)25-29)48-42-15-7-5-12-37(42)45-35(13-8-16-44(45)48)32-22-24-43-40(26-32)36-11-4-6-14-41(36)47(43)33-9-2-1-3-10-33/h1-27H. The molecule has 0 radical (unpaired) electrons. The Morgan fingerprint density at radius 3 is 1.83 bits per heavy atom. The highest BCUT2D eigenvalue weighted by Gasteiger charge is 2.18. The molecule has 0 saturated carbocycles. The molecule has 0 saturated heterocycles. The van der Waals surface area contributed by atoms with E-state index in [2.05, 4.69) is 161 Å². The predicted molar refractivity (Wildman–Crippen MR) is 200 cm³/mol. The molecule has 0 N–H and O–H groups in total. The second-order valence-corrected chi connectivity index (χ2v) is 12.5. The molecule has 0 aliphatic rings. The van der Waals surface area contributed by atoms with Crippen LogP contribution in [0.25, 0.3) is 87.7 Å². The first-order valence-corrected chi connectivity index (χ1v) is 16.2. The second-order valence-electron chi connectivity index (χ2n) is 12.5. The van der Waals surface area contributed by atoms with Gasteiger partial charge in [0.2, 0.25) is 0 Å². The van der Waals surface area contributed by atoms with Gasteiger partial charge in [-0.05, 0) is 99.4 Å². The zero-order valence-corrected chi connectivity index (χ0v) is 25.9. The number of hydrogen-bond donors (Lipinski definition) is 0. The number of aromatic nitrogens is 2. The van der Waals surface area contributed by atoms with Crippen molar-refractivity contribution >= 4 is 65.2 Å². The summed E-state index contributed by atoms with van der Waals surface area (Å²) in [6.45, 7) is 0. The summed E-state index contributed by atoms with van der Waals surface area (Å²) in [7, 11) is 0. The number of rotatable bonds is 3. The molecular formula is C45H27N3. The van der Waals surface area contributed by atoms with E-state index < -0.39 is 0 Å². The summed E-state index contributed by atoms with van der Waals surface area (Å²) >= 11 is 0. The van der Waals surface area contributed by atoms with Gasteiger partial charge in [0.1, 0.15) is 0 Å². The maximum Gasteiger partial charge on any atom is 0.0991 e. The van der Waals surface area contributed by atoms with Gasteiger partial charge < -0.3 is 9.13 Å². The predicted octanol–water partition coefficient (Wildman–Crippen LogP) is 11.7. The third-order valence-corrected chi connectivity index (χ3v) is 9.91. The summed E-state index contributed by atoms with van der Waals surface area (Å²) in [5.41, 5.74) is 10.1. The molecule has 0 bridgehead atoms. The lowest BCUT2D eigenvalue weighted by Crippen LogP contribution is -1.94. The van der Waals surface area contributed by atoms with Gasteiger partial charge >= 0.3 is 0 Å². The van der Waals surface area contributed by atoms with Crippen LogP contribution in [0, 0.1) is 11.3 Å². The first-order chi connectivity index (χ1) is 23.8. The number of para-hydroxylation sites is 3. The van der Waals surface area contributed by atoms with E-state index in [1.807, 2.05) is 18.2 Å². The lowest BCUT2D eigenvalue weighted by Gasteiger charge is -2.12. The Morgan fingerprint density at radius 1 is 0.396 bits per heavy atom. The van der Waals surface area contributed by atoms with Crippen LogP contribution in [0.3, 0.4) is 0 Å². The minimum absolute atomic E-state index is 0.672. The van der Waals surface area contributed by atoms with E-state index >= 15 is 0 Å². The van der Waals surface area contributed by atoms with E-state index in [4.69, 9.17) is 0 Å². The first-order valence-electron chi connectivity index (χ1n) is 16.2. The molecule has 0 spiro atoms. The van der Waals surface area contributed by atoms with E-state index in [9.17, 15) is 5.26 Å². The molecule has 48 heavy (non-hydrogen) atoms. The summed E-state index contributed by atoms with van der Waals surface area (Å²) < 4.78 is 4.75. The summed E-state index contributed by atoms with van der Waals surface area (Å²) in [6.07, 6.45) is 0. The zero-order valence-electron chi connectivity index (χ0n) is 25.9. The lowest BCUT2D eigenvalue weighted by atomic mass is 9.98. The van der Waals surface area contributed by atoms with Crippen molar-refractivity contribution in [1.29, 1.82) is 5.26 Å². The minimum atomic E-state index is 0.672. The van der Waals surface area contributed by atoms with Crippen LogP contribution in [-0.4, -0.2) is 9.13 Å². The Labute approximate surface area is 276 Å². The molecule has 0 amide bonds. The molecule has 0 atom stereocenters. The SMILES string of the molecule is N#Cc1ccc2ccc3ccc(-n4c5ccccc5c5c(-c6ccc7c(c6)c6ccccc6n7-c6ccccc6)cccc54)cc3c2c1. The molecule has 10 rings (SSSR count). The molecule has 0 fully saturated rings. The fourth-order valence-electron chi connectivity index (χ4n) is 7.78. The summed E-state index contributed by atoms with van der Waals surface area (Å²) in [5.74, 6) is 0. The fourth-order valence-corrected chi connectivity index (χ4v) is 7.78. The van der Waals surface area contributed by atoms with Gasteiger partial charge in [-0.2, -0.15) is 5.26 Å². The van der Waals surface area contributed by atoms with Crippen molar-refractivity contribution in [3.63, 3.8) is 0 Å². The average Bonchev–Trinajstić information content (AvgIpc) is 3.67. The molecule has 3 nitrogen and oxygen atoms in total. The van der Waals surface area contributed by atoms with Crippen molar-refractivity contribution < 1.29 is 0 Å². The molecule has 0 aliphatic carbocycles. The van der Waals surface area contributed by atoms with Gasteiger partial charge in [-0.1, -0.05) is 97.1 Å². The molecule has 0 aliphatic heterocycles. The molecular weight excluding hydrogens is 583 g/mol. The van der Waals surface area contributed by atoms with E-state index in [-0.39, 0.29) is 0 Å². The molecule has 8 aromatic carbocycles. The maximum atomic E-state index is 9.64. The van der Waals surface area contributed by atoms with E-state index in [1.54, 1.807) is 0 Å². The van der Waals surface area contributed by atoms with Crippen LogP contribution in [-0.2, 0) is 0 Å². The highest BCUT2D eigenvalue weighted by molar-refractivity contribution is 6.18. The van der Waals surface area contributed by atoms with Crippen molar-refractivity contribution in [2.45, 2.75) is 0 Å². The zero-order chi connectivity index (χ0) is 31.8. The smallest absolute Gasteiger partial charge is 0.0991 e. The van der Waals surface area contributed by atoms with Gasteiger partial charge in [-0.25, -0.2) is 0 Å². The summed E-state index contributed by atoms with van der Waals surface area (Å²) in [5, 5.41) is 19.1. The van der Waals surface area contributed by atoms with Crippen LogP contribution >= 0.6 is 0 Å². The van der Waals surface area contributed by atoms with Crippen LogP contribution < -0.4 is 0 Å². The van der Waals surface area contributed by atoms with Crippen LogP contribution in [0.4, 0.5) is 0 Å². The Hall–Kier alpha value is -6.63. The first kappa shape index (κ1) is 26.6. The second kappa shape index (κ2) is 10.2. The van der Waals surface area contributed by atoms with Gasteiger partial charge in [-0.15, -0.1) is 0 Å². The number of nitriles is 1. The highest BCUT2D eigenvalue weighted by Crippen LogP contribution is 2.41. The molecule has 222 valence electrons. The van der Waals surface area contributed by atoms with Crippen molar-refractivity contribution in [3.05, 3.63) is 169 Å². The van der Waals surface area contributed by atoms with Gasteiger partial charge in [0.25, 0.3) is 0 Å². The van der Waals surface area contributed by atoms with Crippen molar-refractivity contribution in [1.82, 2.24) is 9.13 Å². The maximum absolute atomic E-state index is 9.64. The third-order valence-electron chi connectivity index (χ3n) is 9.91. The lowest BCUT2D eigenvalue weighted by molar-refractivity contribution is 1.18. The van der Waals surface area contributed by atoms with Gasteiger partial charge in [-0.3, -0.25) is 0 Å². The summed E-state index contributed by atoms with van der Waals surface area (Å²) in [4.78, 5) is 0. The minimum Gasteiger partial charge on any atom is -0.309 e. The van der Waals surface area contributed by atoms with Gasteiger partial charge in [0, 0.05) is 32.9 Å². The van der Waals surface area contributed by atoms with Crippen molar-refractivity contribution in [2.24, 2.45) is 0 Å². The van der Waals surface area contributed by atoms with Crippen molar-refractivity contribution in [2.75, 3.05) is 0 Å². The quantitative estimate of drug-likeness (QED) is 0.183. The monoisotopic (exact) mass is 609 g/mol. The largest absolute Gasteiger partial charge is 0.309 e. The summed E-state index contributed by atoms with van der Waals surface area (Å²) in [6, 6.07) is 60.9. The Balaban J connectivity index is 1.23. The van der Waals surface area contributed by atoms with Crippen LogP contribution in [0.15, 0.2) is 164 Å². The molecule has 10 aromatic rings. The number of hydrogen-bond acceptors (Lipinski definition) is 1. The Morgan fingerprint density at radius 2 is 1.02 bits per heavy atom. The number of nitrogens with zero attached hydrogens (tertiary/aromatic N) is 3. The average molecular weight is 610 g/mol. The Kier molecular flexibility index (Phi) is 5.64. The van der Waals surface area contributed by atoms with Gasteiger partial charge in [0.15, 0.2) is 0 Å². The number of benzene rings is 8. The topological polar surface area (TPSA) is 33.6 Å². The third kappa shape index (κ3) is 3.81. The molecule has 2 aromatic heterocycles. The van der Waals surface area contributed by atoms with Crippen LogP contribution in [0.1, 0.15) is 5.56 Å². The highest BCUT2D eigenvalue weighted by atomic mass is 15.0. The van der Waals surface area contributed by atoms with Crippen molar-refractivity contribution in [3.8, 4) is 28.6 Å². The molecule has 0 unspecified atom stereocenters. The van der Waals surface area contributed by atoms with Gasteiger partial charge in [0.05, 0.1) is 33.7 Å². The Bertz CT molecular complexity index is 2950. The molecule has 3 heteroatoms. The van der Waals surface area contributed by atoms with Crippen LogP contribution in [0.5, 0.6) is 0 Å². The molecule has 2 heterocycles. The van der Waals surface area contributed by atoms with E-state index in [0.29, 0.717) is 5.56 Å². The fraction of sp³-hybridized carbons (Fsp3) is 0. The van der Waals surface area contributed by atoms with Crippen LogP contribution in [0.2, 0.25) is 0 Å². The number of fused-ring (bicyclic) bond motifs is 9. The normalized spacial score (nSPS) is 11.7.